The van der Waals surface area contributed by atoms with Crippen LogP contribution in [0.5, 0.6) is 0 Å². The first kappa shape index (κ1) is 20.6. The molecule has 0 aliphatic rings. The highest BCUT2D eigenvalue weighted by atomic mass is 35.5. The quantitative estimate of drug-likeness (QED) is 0.464. The average Bonchev–Trinajstić information content (AvgIpc) is 3.41. The minimum atomic E-state index is -4.73. The van der Waals surface area contributed by atoms with Crippen LogP contribution in [-0.2, 0) is 12.7 Å². The van der Waals surface area contributed by atoms with Gasteiger partial charge in [-0.3, -0.25) is 9.48 Å². The largest absolute Gasteiger partial charge is 0.433 e. The van der Waals surface area contributed by atoms with E-state index in [1.165, 1.54) is 22.2 Å². The van der Waals surface area contributed by atoms with Crippen molar-refractivity contribution in [1.82, 2.24) is 29.7 Å². The van der Waals surface area contributed by atoms with Crippen LogP contribution in [0.4, 0.5) is 13.2 Å². The molecule has 0 saturated heterocycles. The van der Waals surface area contributed by atoms with Crippen molar-refractivity contribution in [2.75, 3.05) is 6.54 Å². The number of nitrogens with zero attached hydrogens (tertiary/aromatic N) is 5. The molecule has 0 aromatic carbocycles. The minimum Gasteiger partial charge on any atom is -0.349 e. The van der Waals surface area contributed by atoms with Crippen LogP contribution < -0.4 is 5.32 Å². The predicted molar refractivity (Wildman–Crippen MR) is 106 cm³/mol. The van der Waals surface area contributed by atoms with Crippen LogP contribution in [0.3, 0.4) is 0 Å². The van der Waals surface area contributed by atoms with Crippen LogP contribution in [-0.4, -0.2) is 36.8 Å². The monoisotopic (exact) mass is 474 g/mol. The first-order valence-corrected chi connectivity index (χ1v) is 10.0. The highest BCUT2D eigenvalue weighted by Crippen LogP contribution is 2.35. The lowest BCUT2D eigenvalue weighted by molar-refractivity contribution is -0.142. The summed E-state index contributed by atoms with van der Waals surface area (Å²) in [6, 6.07) is 4.22. The van der Waals surface area contributed by atoms with Crippen LogP contribution in [0.2, 0.25) is 10.0 Å². The fourth-order valence-corrected chi connectivity index (χ4v) is 3.81. The van der Waals surface area contributed by atoms with Crippen LogP contribution in [0.1, 0.15) is 16.2 Å². The summed E-state index contributed by atoms with van der Waals surface area (Å²) in [6.45, 7) is 0.444. The Morgan fingerprint density at radius 1 is 1.30 bits per heavy atom. The molecule has 7 nitrogen and oxygen atoms in total. The van der Waals surface area contributed by atoms with Crippen molar-refractivity contribution in [3.05, 3.63) is 57.4 Å². The molecule has 0 saturated carbocycles. The number of fused-ring (bicyclic) bond motifs is 1. The average molecular weight is 475 g/mol. The van der Waals surface area contributed by atoms with E-state index in [-0.39, 0.29) is 28.6 Å². The molecule has 0 bridgehead atoms. The van der Waals surface area contributed by atoms with E-state index in [1.54, 1.807) is 23.7 Å². The molecule has 4 rings (SSSR count). The molecule has 0 unspecified atom stereocenters. The zero-order chi connectivity index (χ0) is 21.5. The number of halogens is 5. The minimum absolute atomic E-state index is 0.0918. The lowest BCUT2D eigenvalue weighted by atomic mass is 10.2. The lowest BCUT2D eigenvalue weighted by Gasteiger charge is -2.10. The van der Waals surface area contributed by atoms with Crippen LogP contribution in [0, 0.1) is 0 Å². The number of amides is 1. The Kier molecular flexibility index (Phi) is 5.43. The van der Waals surface area contributed by atoms with Crippen molar-refractivity contribution in [3.8, 4) is 10.6 Å². The second kappa shape index (κ2) is 7.89. The number of aromatic nitrogens is 5. The number of nitrogens with one attached hydrogen (secondary N) is 1. The molecular weight excluding hydrogens is 464 g/mol. The fourth-order valence-electron chi connectivity index (χ4n) is 2.72. The number of hydrogen-bond donors (Lipinski definition) is 1. The molecule has 0 aliphatic heterocycles. The third-order valence-corrected chi connectivity index (χ3v) is 5.48. The first-order valence-electron chi connectivity index (χ1n) is 8.40. The molecule has 0 radical (unpaired) electrons. The normalized spacial score (nSPS) is 11.9. The van der Waals surface area contributed by atoms with E-state index in [2.05, 4.69) is 20.5 Å². The smallest absolute Gasteiger partial charge is 0.349 e. The topological polar surface area (TPSA) is 77.1 Å². The van der Waals surface area contributed by atoms with Gasteiger partial charge >= 0.3 is 6.18 Å². The maximum atomic E-state index is 13.6. The van der Waals surface area contributed by atoms with Crippen LogP contribution in [0.25, 0.3) is 16.2 Å². The van der Waals surface area contributed by atoms with Gasteiger partial charge in [0.1, 0.15) is 5.02 Å². The van der Waals surface area contributed by atoms with Crippen molar-refractivity contribution >= 4 is 46.1 Å². The summed E-state index contributed by atoms with van der Waals surface area (Å²) in [5, 5.41) is 12.2. The van der Waals surface area contributed by atoms with E-state index >= 15 is 0 Å². The Morgan fingerprint density at radius 2 is 2.10 bits per heavy atom. The second-order valence-electron chi connectivity index (χ2n) is 6.08. The molecule has 30 heavy (non-hydrogen) atoms. The zero-order valence-corrected chi connectivity index (χ0v) is 17.1. The summed E-state index contributed by atoms with van der Waals surface area (Å²) in [5.74, 6) is -0.727. The van der Waals surface area contributed by atoms with E-state index in [1.807, 2.05) is 0 Å². The van der Waals surface area contributed by atoms with E-state index in [9.17, 15) is 18.0 Å². The Bertz CT molecular complexity index is 1220. The molecule has 1 amide bonds. The van der Waals surface area contributed by atoms with Crippen LogP contribution >= 0.6 is 34.5 Å². The van der Waals surface area contributed by atoms with E-state index in [0.717, 1.165) is 6.07 Å². The Labute approximate surface area is 181 Å². The van der Waals surface area contributed by atoms with Crippen molar-refractivity contribution < 1.29 is 18.0 Å². The SMILES string of the molecule is O=C(NCCn1cc(Cl)cn1)c1nn2c(C(F)(F)F)cc(-c3cccs3)nc2c1Cl. The van der Waals surface area contributed by atoms with Gasteiger partial charge in [0.15, 0.2) is 17.0 Å². The lowest BCUT2D eigenvalue weighted by Crippen LogP contribution is -2.28. The number of alkyl halides is 3. The Hall–Kier alpha value is -2.63. The molecular formula is C17H11Cl2F3N6OS. The zero-order valence-electron chi connectivity index (χ0n) is 14.8. The van der Waals surface area contributed by atoms with Crippen molar-refractivity contribution in [3.63, 3.8) is 0 Å². The molecule has 0 spiro atoms. The third-order valence-electron chi connectivity index (χ3n) is 4.04. The van der Waals surface area contributed by atoms with Gasteiger partial charge < -0.3 is 5.32 Å². The summed E-state index contributed by atoms with van der Waals surface area (Å²) < 4.78 is 42.9. The third kappa shape index (κ3) is 4.00. The van der Waals surface area contributed by atoms with E-state index < -0.39 is 17.8 Å². The van der Waals surface area contributed by atoms with Crippen molar-refractivity contribution in [1.29, 1.82) is 0 Å². The second-order valence-corrected chi connectivity index (χ2v) is 7.84. The molecule has 4 aromatic heterocycles. The van der Waals surface area contributed by atoms with Gasteiger partial charge in [-0.2, -0.15) is 23.4 Å². The van der Waals surface area contributed by atoms with Crippen LogP contribution in [0.15, 0.2) is 36.0 Å². The van der Waals surface area contributed by atoms with Gasteiger partial charge in [-0.15, -0.1) is 11.3 Å². The highest BCUT2D eigenvalue weighted by molar-refractivity contribution is 7.13. The van der Waals surface area contributed by atoms with Gasteiger partial charge in [0, 0.05) is 12.7 Å². The van der Waals surface area contributed by atoms with Gasteiger partial charge in [0.25, 0.3) is 5.91 Å². The highest BCUT2D eigenvalue weighted by Gasteiger charge is 2.36. The number of carbonyl (C=O) groups excluding carboxylic acids is 1. The Balaban J connectivity index is 1.67. The number of rotatable bonds is 5. The van der Waals surface area contributed by atoms with Gasteiger partial charge in [-0.05, 0) is 17.5 Å². The van der Waals surface area contributed by atoms with Crippen molar-refractivity contribution in [2.24, 2.45) is 0 Å². The number of carbonyl (C=O) groups is 1. The maximum Gasteiger partial charge on any atom is 0.433 e. The fraction of sp³-hybridized carbons (Fsp3) is 0.176. The molecule has 1 N–H and O–H groups in total. The first-order chi connectivity index (χ1) is 14.2. The Morgan fingerprint density at radius 3 is 2.73 bits per heavy atom. The molecule has 0 atom stereocenters. The molecule has 156 valence electrons. The summed E-state index contributed by atoms with van der Waals surface area (Å²) in [4.78, 5) is 17.2. The van der Waals surface area contributed by atoms with Crippen molar-refractivity contribution in [2.45, 2.75) is 12.7 Å². The van der Waals surface area contributed by atoms with Gasteiger partial charge in [-0.25, -0.2) is 9.50 Å². The van der Waals surface area contributed by atoms with Gasteiger partial charge in [0.2, 0.25) is 0 Å². The molecule has 0 fully saturated rings. The molecule has 4 heterocycles. The van der Waals surface area contributed by atoms with Gasteiger partial charge in [-0.1, -0.05) is 29.3 Å². The van der Waals surface area contributed by atoms with E-state index in [4.69, 9.17) is 23.2 Å². The summed E-state index contributed by atoms with van der Waals surface area (Å²) in [7, 11) is 0. The predicted octanol–water partition coefficient (Wildman–Crippen LogP) is 4.41. The molecule has 13 heteroatoms. The summed E-state index contributed by atoms with van der Waals surface area (Å²) >= 11 is 13.2. The standard InChI is InChI=1S/C17H11Cl2F3N6OS/c18-9-7-24-27(8-9)4-3-23-16(29)14-13(19)15-25-10(11-2-1-5-30-11)6-12(17(20,21)22)28(15)26-14/h1-2,5-8H,3-4H2,(H,23,29). The number of hydrogen-bond acceptors (Lipinski definition) is 5. The summed E-state index contributed by atoms with van der Waals surface area (Å²) in [5.41, 5.74) is -1.59. The van der Waals surface area contributed by atoms with E-state index in [0.29, 0.717) is 21.0 Å². The van der Waals surface area contributed by atoms with Gasteiger partial charge in [0.05, 0.1) is 28.3 Å². The number of thiophene rings is 1. The summed E-state index contributed by atoms with van der Waals surface area (Å²) in [6.07, 6.45) is -1.72. The maximum absolute atomic E-state index is 13.6. The molecule has 0 aliphatic carbocycles. The molecule has 4 aromatic rings.